The monoisotopic (exact) mass is 268 g/mol. The third kappa shape index (κ3) is 4.87. The van der Waals surface area contributed by atoms with Gasteiger partial charge in [0.2, 0.25) is 0 Å². The highest BCUT2D eigenvalue weighted by Crippen LogP contribution is 2.22. The lowest BCUT2D eigenvalue weighted by Gasteiger charge is -2.24. The van der Waals surface area contributed by atoms with Crippen molar-refractivity contribution in [2.24, 2.45) is 11.1 Å². The maximum absolute atomic E-state index is 13.0. The van der Waals surface area contributed by atoms with Crippen LogP contribution in [-0.2, 0) is 0 Å². The van der Waals surface area contributed by atoms with E-state index in [4.69, 9.17) is 5.73 Å². The molecule has 0 atom stereocenters. The van der Waals surface area contributed by atoms with Gasteiger partial charge in [-0.3, -0.25) is 4.79 Å². The first-order chi connectivity index (χ1) is 8.85. The zero-order valence-electron chi connectivity index (χ0n) is 11.4. The Labute approximate surface area is 112 Å². The molecule has 0 bridgehead atoms. The molecule has 19 heavy (non-hydrogen) atoms. The number of nitrogens with two attached hydrogens (primary N) is 1. The summed E-state index contributed by atoms with van der Waals surface area (Å²) in [5, 5.41) is 12.2. The molecule has 0 saturated heterocycles. The summed E-state index contributed by atoms with van der Waals surface area (Å²) in [5.74, 6) is -1.25. The van der Waals surface area contributed by atoms with E-state index in [0.29, 0.717) is 13.1 Å². The molecule has 0 aliphatic heterocycles. The van der Waals surface area contributed by atoms with E-state index < -0.39 is 11.7 Å². The number of hydrogen-bond acceptors (Lipinski definition) is 3. The smallest absolute Gasteiger partial charge is 0.255 e. The van der Waals surface area contributed by atoms with Crippen LogP contribution in [0.5, 0.6) is 5.75 Å². The van der Waals surface area contributed by atoms with Crippen LogP contribution in [0.15, 0.2) is 18.2 Å². The summed E-state index contributed by atoms with van der Waals surface area (Å²) in [7, 11) is 0. The molecule has 0 unspecified atom stereocenters. The van der Waals surface area contributed by atoms with Crippen LogP contribution < -0.4 is 11.1 Å². The SMILES string of the molecule is CC(C)(CCCN)CNC(=O)c1cc(F)ccc1O. The van der Waals surface area contributed by atoms with Gasteiger partial charge >= 0.3 is 0 Å². The van der Waals surface area contributed by atoms with Crippen LogP contribution in [0.3, 0.4) is 0 Å². The molecule has 1 rings (SSSR count). The molecule has 0 aliphatic carbocycles. The first kappa shape index (κ1) is 15.4. The summed E-state index contributed by atoms with van der Waals surface area (Å²) in [6.07, 6.45) is 1.77. The molecule has 1 aromatic carbocycles. The Morgan fingerprint density at radius 1 is 1.47 bits per heavy atom. The van der Waals surface area contributed by atoms with Gasteiger partial charge in [0.25, 0.3) is 5.91 Å². The highest BCUT2D eigenvalue weighted by molar-refractivity contribution is 5.96. The predicted octanol–water partition coefficient (Wildman–Crippen LogP) is 2.03. The minimum Gasteiger partial charge on any atom is -0.507 e. The molecular weight excluding hydrogens is 247 g/mol. The second-order valence-electron chi connectivity index (χ2n) is 5.40. The first-order valence-corrected chi connectivity index (χ1v) is 6.32. The van der Waals surface area contributed by atoms with Crippen molar-refractivity contribution in [2.75, 3.05) is 13.1 Å². The number of carbonyl (C=O) groups is 1. The van der Waals surface area contributed by atoms with Crippen molar-refractivity contribution >= 4 is 5.91 Å². The van der Waals surface area contributed by atoms with Gasteiger partial charge in [0.15, 0.2) is 0 Å². The Bertz CT molecular complexity index is 447. The third-order valence-corrected chi connectivity index (χ3v) is 2.99. The van der Waals surface area contributed by atoms with E-state index in [-0.39, 0.29) is 16.7 Å². The molecule has 0 aliphatic rings. The van der Waals surface area contributed by atoms with Crippen molar-refractivity contribution in [2.45, 2.75) is 26.7 Å². The Hall–Kier alpha value is -1.62. The molecule has 1 amide bonds. The number of halogens is 1. The van der Waals surface area contributed by atoms with Crippen LogP contribution in [0.4, 0.5) is 4.39 Å². The van der Waals surface area contributed by atoms with Crippen molar-refractivity contribution in [3.63, 3.8) is 0 Å². The van der Waals surface area contributed by atoms with Crippen molar-refractivity contribution in [1.82, 2.24) is 5.32 Å². The lowest BCUT2D eigenvalue weighted by atomic mass is 9.87. The van der Waals surface area contributed by atoms with Crippen LogP contribution in [0.25, 0.3) is 0 Å². The highest BCUT2D eigenvalue weighted by Gasteiger charge is 2.20. The first-order valence-electron chi connectivity index (χ1n) is 6.32. The summed E-state index contributed by atoms with van der Waals surface area (Å²) in [6, 6.07) is 3.30. The van der Waals surface area contributed by atoms with Gasteiger partial charge in [-0.1, -0.05) is 13.8 Å². The minimum atomic E-state index is -0.551. The van der Waals surface area contributed by atoms with Gasteiger partial charge in [0.05, 0.1) is 5.56 Å². The predicted molar refractivity (Wildman–Crippen MR) is 72.5 cm³/mol. The number of amides is 1. The molecule has 5 heteroatoms. The van der Waals surface area contributed by atoms with Crippen LogP contribution in [0.2, 0.25) is 0 Å². The topological polar surface area (TPSA) is 75.3 Å². The third-order valence-electron chi connectivity index (χ3n) is 2.99. The molecule has 106 valence electrons. The quantitative estimate of drug-likeness (QED) is 0.739. The number of nitrogens with one attached hydrogen (secondary N) is 1. The number of rotatable bonds is 6. The molecule has 0 radical (unpaired) electrons. The summed E-state index contributed by atoms with van der Waals surface area (Å²) in [4.78, 5) is 11.9. The van der Waals surface area contributed by atoms with Crippen LogP contribution >= 0.6 is 0 Å². The van der Waals surface area contributed by atoms with E-state index in [0.717, 1.165) is 25.0 Å². The second kappa shape index (κ2) is 6.52. The molecule has 0 heterocycles. The van der Waals surface area contributed by atoms with E-state index in [1.165, 1.54) is 6.07 Å². The minimum absolute atomic E-state index is 0.0466. The summed E-state index contributed by atoms with van der Waals surface area (Å²) < 4.78 is 13.0. The zero-order chi connectivity index (χ0) is 14.5. The van der Waals surface area contributed by atoms with E-state index in [2.05, 4.69) is 5.32 Å². The Morgan fingerprint density at radius 2 is 2.16 bits per heavy atom. The fraction of sp³-hybridized carbons (Fsp3) is 0.500. The van der Waals surface area contributed by atoms with Gasteiger partial charge in [0, 0.05) is 6.54 Å². The maximum atomic E-state index is 13.0. The van der Waals surface area contributed by atoms with Crippen molar-refractivity contribution in [1.29, 1.82) is 0 Å². The Kier molecular flexibility index (Phi) is 5.30. The van der Waals surface area contributed by atoms with E-state index in [1.807, 2.05) is 13.8 Å². The molecule has 0 spiro atoms. The number of benzene rings is 1. The van der Waals surface area contributed by atoms with Gasteiger partial charge in [-0.15, -0.1) is 0 Å². The Morgan fingerprint density at radius 3 is 2.79 bits per heavy atom. The fourth-order valence-electron chi connectivity index (χ4n) is 1.77. The van der Waals surface area contributed by atoms with E-state index in [1.54, 1.807) is 0 Å². The largest absolute Gasteiger partial charge is 0.507 e. The van der Waals surface area contributed by atoms with Crippen molar-refractivity contribution < 1.29 is 14.3 Å². The van der Waals surface area contributed by atoms with Gasteiger partial charge < -0.3 is 16.2 Å². The molecular formula is C14H21FN2O2. The summed E-state index contributed by atoms with van der Waals surface area (Å²) in [6.45, 7) is 5.10. The number of phenols is 1. The second-order valence-corrected chi connectivity index (χ2v) is 5.40. The fourth-order valence-corrected chi connectivity index (χ4v) is 1.77. The average Bonchev–Trinajstić information content (AvgIpc) is 2.36. The molecule has 4 N–H and O–H groups in total. The number of hydrogen-bond donors (Lipinski definition) is 3. The molecule has 0 fully saturated rings. The number of aromatic hydroxyl groups is 1. The summed E-state index contributed by atoms with van der Waals surface area (Å²) in [5.41, 5.74) is 5.33. The number of carbonyl (C=O) groups excluding carboxylic acids is 1. The summed E-state index contributed by atoms with van der Waals surface area (Å²) >= 11 is 0. The zero-order valence-corrected chi connectivity index (χ0v) is 11.4. The highest BCUT2D eigenvalue weighted by atomic mass is 19.1. The molecule has 0 saturated carbocycles. The maximum Gasteiger partial charge on any atom is 0.255 e. The average molecular weight is 268 g/mol. The molecule has 0 aromatic heterocycles. The molecule has 4 nitrogen and oxygen atoms in total. The van der Waals surface area contributed by atoms with Crippen LogP contribution in [0.1, 0.15) is 37.0 Å². The van der Waals surface area contributed by atoms with Gasteiger partial charge in [-0.2, -0.15) is 0 Å². The molecule has 1 aromatic rings. The van der Waals surface area contributed by atoms with Crippen molar-refractivity contribution in [3.8, 4) is 5.75 Å². The van der Waals surface area contributed by atoms with E-state index in [9.17, 15) is 14.3 Å². The van der Waals surface area contributed by atoms with Crippen molar-refractivity contribution in [3.05, 3.63) is 29.6 Å². The van der Waals surface area contributed by atoms with Crippen LogP contribution in [0, 0.1) is 11.2 Å². The standard InChI is InChI=1S/C14H21FN2O2/c1-14(2,6-3-7-16)9-17-13(19)11-8-10(15)4-5-12(11)18/h4-5,8,18H,3,6-7,9,16H2,1-2H3,(H,17,19). The van der Waals surface area contributed by atoms with Gasteiger partial charge in [-0.05, 0) is 43.0 Å². The normalized spacial score (nSPS) is 11.4. The lowest BCUT2D eigenvalue weighted by molar-refractivity contribution is 0.0931. The number of phenolic OH excluding ortho intramolecular Hbond substituents is 1. The van der Waals surface area contributed by atoms with Gasteiger partial charge in [-0.25, -0.2) is 4.39 Å². The van der Waals surface area contributed by atoms with E-state index >= 15 is 0 Å². The van der Waals surface area contributed by atoms with Gasteiger partial charge in [0.1, 0.15) is 11.6 Å². The van der Waals surface area contributed by atoms with Crippen LogP contribution in [-0.4, -0.2) is 24.1 Å². The lowest BCUT2D eigenvalue weighted by Crippen LogP contribution is -2.34. The Balaban J connectivity index is 2.62.